The second-order valence-corrected chi connectivity index (χ2v) is 6.61. The lowest BCUT2D eigenvalue weighted by Crippen LogP contribution is -2.41. The van der Waals surface area contributed by atoms with E-state index in [4.69, 9.17) is 14.4 Å². The molecule has 1 aromatic rings. The van der Waals surface area contributed by atoms with Crippen molar-refractivity contribution in [1.29, 1.82) is 0 Å². The third-order valence-electron chi connectivity index (χ3n) is 4.25. The van der Waals surface area contributed by atoms with E-state index in [1.807, 2.05) is 27.7 Å². The van der Waals surface area contributed by atoms with Crippen LogP contribution in [0.4, 0.5) is 0 Å². The van der Waals surface area contributed by atoms with Gasteiger partial charge in [-0.25, -0.2) is 0 Å². The van der Waals surface area contributed by atoms with Crippen molar-refractivity contribution in [3.8, 4) is 0 Å². The highest BCUT2D eigenvalue weighted by Crippen LogP contribution is 2.36. The topological polar surface area (TPSA) is 101 Å². The average Bonchev–Trinajstić information content (AvgIpc) is 2.73. The first-order valence-corrected chi connectivity index (χ1v) is 7.55. The molecule has 126 valence electrons. The summed E-state index contributed by atoms with van der Waals surface area (Å²) in [5.41, 5.74) is 0.0773. The van der Waals surface area contributed by atoms with E-state index >= 15 is 0 Å². The molecule has 1 aromatic heterocycles. The Kier molecular flexibility index (Phi) is 5.10. The first kappa shape index (κ1) is 17.9. The summed E-state index contributed by atoms with van der Waals surface area (Å²) in [4.78, 5) is 16.0. The number of aliphatic hydroxyl groups is 2. The van der Waals surface area contributed by atoms with Gasteiger partial charge >= 0.3 is 7.12 Å². The van der Waals surface area contributed by atoms with Gasteiger partial charge in [-0.3, -0.25) is 9.78 Å². The molecule has 1 aliphatic rings. The molecule has 0 saturated carbocycles. The number of hydrogen-bond donors (Lipinski definition) is 3. The zero-order chi connectivity index (χ0) is 17.3. The third kappa shape index (κ3) is 3.90. The zero-order valence-corrected chi connectivity index (χ0v) is 13.9. The van der Waals surface area contributed by atoms with Crippen LogP contribution in [0.2, 0.25) is 0 Å². The highest BCUT2D eigenvalue weighted by Gasteiger charge is 2.51. The van der Waals surface area contributed by atoms with Crippen LogP contribution in [0.3, 0.4) is 0 Å². The molecule has 0 spiro atoms. The number of aliphatic hydroxyl groups excluding tert-OH is 2. The lowest BCUT2D eigenvalue weighted by Gasteiger charge is -2.32. The van der Waals surface area contributed by atoms with E-state index in [2.05, 4.69) is 10.3 Å². The predicted octanol–water partition coefficient (Wildman–Crippen LogP) is -0.536. The van der Waals surface area contributed by atoms with Crippen molar-refractivity contribution in [2.75, 3.05) is 13.2 Å². The number of aromatic nitrogens is 1. The average molecular weight is 322 g/mol. The summed E-state index contributed by atoms with van der Waals surface area (Å²) in [5.74, 6) is -0.419. The molecule has 3 N–H and O–H groups in total. The number of carbonyl (C=O) groups excluding carboxylic acids is 1. The van der Waals surface area contributed by atoms with Gasteiger partial charge in [0.05, 0.1) is 23.9 Å². The van der Waals surface area contributed by atoms with Crippen molar-refractivity contribution in [2.45, 2.75) is 45.0 Å². The molecule has 1 atom stereocenters. The van der Waals surface area contributed by atoms with Gasteiger partial charge in [-0.2, -0.15) is 0 Å². The van der Waals surface area contributed by atoms with Gasteiger partial charge in [0, 0.05) is 18.2 Å². The van der Waals surface area contributed by atoms with Gasteiger partial charge in [0.25, 0.3) is 5.91 Å². The molecule has 1 fully saturated rings. The van der Waals surface area contributed by atoms with Crippen molar-refractivity contribution in [1.82, 2.24) is 10.3 Å². The van der Waals surface area contributed by atoms with E-state index in [-0.39, 0.29) is 12.2 Å². The predicted molar refractivity (Wildman–Crippen MR) is 85.4 cm³/mol. The van der Waals surface area contributed by atoms with Crippen molar-refractivity contribution < 1.29 is 24.3 Å². The minimum Gasteiger partial charge on any atom is -0.399 e. The van der Waals surface area contributed by atoms with Crippen molar-refractivity contribution in [2.24, 2.45) is 0 Å². The summed E-state index contributed by atoms with van der Waals surface area (Å²) in [5, 5.41) is 20.4. The van der Waals surface area contributed by atoms with Crippen LogP contribution >= 0.6 is 0 Å². The Morgan fingerprint density at radius 2 is 1.91 bits per heavy atom. The maximum absolute atomic E-state index is 11.9. The van der Waals surface area contributed by atoms with Gasteiger partial charge in [0.2, 0.25) is 0 Å². The fourth-order valence-electron chi connectivity index (χ4n) is 2.02. The highest BCUT2D eigenvalue weighted by atomic mass is 16.7. The summed E-state index contributed by atoms with van der Waals surface area (Å²) in [6, 6.07) is 3.30. The SMILES string of the molecule is CC1(C)OB(c2ccc(C(=O)NCC(O)CO)nc2)OC1(C)C. The standard InChI is InChI=1S/C15H23BN2O5/c1-14(2)15(3,4)23-16(22-14)10-5-6-12(17-7-10)13(21)18-8-11(20)9-19/h5-7,11,19-20H,8-9H2,1-4H3,(H,18,21). The molecule has 0 aromatic carbocycles. The number of rotatable bonds is 5. The second-order valence-electron chi connectivity index (χ2n) is 6.61. The minimum absolute atomic E-state index is 0.0318. The second kappa shape index (κ2) is 6.56. The number of nitrogens with zero attached hydrogens (tertiary/aromatic N) is 1. The van der Waals surface area contributed by atoms with Crippen LogP contribution in [0.5, 0.6) is 0 Å². The maximum Gasteiger partial charge on any atom is 0.496 e. The molecular weight excluding hydrogens is 299 g/mol. The largest absolute Gasteiger partial charge is 0.496 e. The Morgan fingerprint density at radius 3 is 2.39 bits per heavy atom. The van der Waals surface area contributed by atoms with Gasteiger partial charge in [-0.05, 0) is 33.8 Å². The Bertz CT molecular complexity index is 545. The molecule has 0 radical (unpaired) electrons. The number of nitrogens with one attached hydrogen (secondary N) is 1. The van der Waals surface area contributed by atoms with Gasteiger partial charge in [0.1, 0.15) is 5.69 Å². The van der Waals surface area contributed by atoms with Crippen molar-refractivity contribution >= 4 is 18.5 Å². The molecule has 1 unspecified atom stereocenters. The van der Waals surface area contributed by atoms with E-state index < -0.39 is 36.9 Å². The van der Waals surface area contributed by atoms with Gasteiger partial charge in [-0.15, -0.1) is 0 Å². The smallest absolute Gasteiger partial charge is 0.399 e. The molecular formula is C15H23BN2O5. The zero-order valence-electron chi connectivity index (χ0n) is 13.9. The summed E-state index contributed by atoms with van der Waals surface area (Å²) >= 11 is 0. The van der Waals surface area contributed by atoms with Gasteiger partial charge < -0.3 is 24.8 Å². The molecule has 0 bridgehead atoms. The summed E-state index contributed by atoms with van der Waals surface area (Å²) < 4.78 is 11.8. The van der Waals surface area contributed by atoms with Crippen molar-refractivity contribution in [3.63, 3.8) is 0 Å². The van der Waals surface area contributed by atoms with E-state index in [0.717, 1.165) is 5.46 Å². The highest BCUT2D eigenvalue weighted by molar-refractivity contribution is 6.62. The minimum atomic E-state index is -0.983. The first-order chi connectivity index (χ1) is 10.7. The summed E-state index contributed by atoms with van der Waals surface area (Å²) in [6.45, 7) is 7.43. The van der Waals surface area contributed by atoms with Crippen LogP contribution in [-0.2, 0) is 9.31 Å². The van der Waals surface area contributed by atoms with E-state index in [9.17, 15) is 9.90 Å². The molecule has 7 nitrogen and oxygen atoms in total. The molecule has 1 saturated heterocycles. The molecule has 2 heterocycles. The monoisotopic (exact) mass is 322 g/mol. The summed E-state index contributed by atoms with van der Waals surface area (Å²) in [7, 11) is -0.527. The van der Waals surface area contributed by atoms with Crippen LogP contribution in [0.1, 0.15) is 38.2 Å². The summed E-state index contributed by atoms with van der Waals surface area (Å²) in [6.07, 6.45) is 0.558. The normalized spacial score (nSPS) is 20.3. The van der Waals surface area contributed by atoms with Gasteiger partial charge in [0.15, 0.2) is 0 Å². The number of carbonyl (C=O) groups is 1. The molecule has 1 amide bonds. The lowest BCUT2D eigenvalue weighted by molar-refractivity contribution is 0.00578. The Balaban J connectivity index is 2.02. The molecule has 8 heteroatoms. The number of amides is 1. The number of pyridine rings is 1. The lowest BCUT2D eigenvalue weighted by atomic mass is 9.80. The first-order valence-electron chi connectivity index (χ1n) is 7.55. The third-order valence-corrected chi connectivity index (χ3v) is 4.25. The van der Waals surface area contributed by atoms with Gasteiger partial charge in [-0.1, -0.05) is 6.07 Å². The van der Waals surface area contributed by atoms with Crippen LogP contribution in [0.25, 0.3) is 0 Å². The fourth-order valence-corrected chi connectivity index (χ4v) is 2.02. The van der Waals surface area contributed by atoms with E-state index in [1.165, 1.54) is 0 Å². The Labute approximate surface area is 136 Å². The van der Waals surface area contributed by atoms with Crippen LogP contribution in [-0.4, -0.2) is 58.7 Å². The Hall–Kier alpha value is -1.48. The van der Waals surface area contributed by atoms with E-state index in [1.54, 1.807) is 18.3 Å². The van der Waals surface area contributed by atoms with E-state index in [0.29, 0.717) is 0 Å². The number of hydrogen-bond acceptors (Lipinski definition) is 6. The van der Waals surface area contributed by atoms with Crippen LogP contribution in [0, 0.1) is 0 Å². The van der Waals surface area contributed by atoms with Crippen LogP contribution in [0.15, 0.2) is 18.3 Å². The van der Waals surface area contributed by atoms with Crippen molar-refractivity contribution in [3.05, 3.63) is 24.0 Å². The molecule has 2 rings (SSSR count). The quantitative estimate of drug-likeness (QED) is 0.630. The van der Waals surface area contributed by atoms with Crippen LogP contribution < -0.4 is 10.8 Å². The Morgan fingerprint density at radius 1 is 1.30 bits per heavy atom. The fraction of sp³-hybridized carbons (Fsp3) is 0.600. The molecule has 0 aliphatic carbocycles. The molecule has 1 aliphatic heterocycles. The maximum atomic E-state index is 11.9. The molecule has 23 heavy (non-hydrogen) atoms.